The minimum absolute atomic E-state index is 0.193. The first-order valence-corrected chi connectivity index (χ1v) is 6.12. The number of amides is 2. The molecule has 0 bridgehead atoms. The highest BCUT2D eigenvalue weighted by atomic mass is 16.5. The predicted octanol–water partition coefficient (Wildman–Crippen LogP) is 0.314. The summed E-state index contributed by atoms with van der Waals surface area (Å²) >= 11 is 0. The van der Waals surface area contributed by atoms with Crippen molar-refractivity contribution in [1.82, 2.24) is 25.5 Å². The van der Waals surface area contributed by atoms with Gasteiger partial charge in [-0.05, 0) is 41.6 Å². The molecule has 1 aromatic carbocycles. The van der Waals surface area contributed by atoms with Crippen molar-refractivity contribution in [1.29, 1.82) is 0 Å². The summed E-state index contributed by atoms with van der Waals surface area (Å²) in [5, 5.41) is 12.8. The smallest absolute Gasteiger partial charge is 0.413 e. The van der Waals surface area contributed by atoms with Gasteiger partial charge in [0.15, 0.2) is 6.61 Å². The van der Waals surface area contributed by atoms with E-state index in [2.05, 4.69) is 20.3 Å². The average molecular weight is 291 g/mol. The molecule has 0 spiro atoms. The van der Waals surface area contributed by atoms with Crippen molar-refractivity contribution in [3.63, 3.8) is 0 Å². The number of carbonyl (C=O) groups is 2. The van der Waals surface area contributed by atoms with Crippen LogP contribution in [-0.2, 0) is 9.53 Å². The van der Waals surface area contributed by atoms with E-state index in [1.807, 2.05) is 5.32 Å². The summed E-state index contributed by atoms with van der Waals surface area (Å²) in [5.74, 6) is -0.108. The molecule has 110 valence electrons. The molecule has 0 unspecified atom stereocenters. The Kier molecular flexibility index (Phi) is 4.80. The van der Waals surface area contributed by atoms with Crippen LogP contribution >= 0.6 is 0 Å². The third-order valence-corrected chi connectivity index (χ3v) is 2.34. The lowest BCUT2D eigenvalue weighted by Crippen LogP contribution is -2.34. The number of carbonyl (C=O) groups excluding carboxylic acids is 2. The van der Waals surface area contributed by atoms with Crippen LogP contribution in [0.1, 0.15) is 6.92 Å². The van der Waals surface area contributed by atoms with Gasteiger partial charge in [-0.15, -0.1) is 5.10 Å². The van der Waals surface area contributed by atoms with E-state index in [-0.39, 0.29) is 13.2 Å². The molecule has 1 heterocycles. The molecule has 0 saturated heterocycles. The first-order chi connectivity index (χ1) is 10.2. The molecule has 0 saturated carbocycles. The number of benzene rings is 1. The molecule has 21 heavy (non-hydrogen) atoms. The molecule has 9 nitrogen and oxygen atoms in total. The van der Waals surface area contributed by atoms with Crippen LogP contribution in [0.25, 0.3) is 5.69 Å². The first kappa shape index (κ1) is 14.4. The summed E-state index contributed by atoms with van der Waals surface area (Å²) < 4.78 is 11.3. The van der Waals surface area contributed by atoms with Crippen molar-refractivity contribution >= 4 is 12.0 Å². The maximum atomic E-state index is 11.4. The fraction of sp³-hybridized carbons (Fsp3) is 0.250. The van der Waals surface area contributed by atoms with Crippen molar-refractivity contribution in [2.45, 2.75) is 6.92 Å². The van der Waals surface area contributed by atoms with E-state index < -0.39 is 12.0 Å². The number of alkyl carbamates (subject to hydrolysis) is 1. The molecule has 0 fully saturated rings. The van der Waals surface area contributed by atoms with Crippen LogP contribution < -0.4 is 10.1 Å². The lowest BCUT2D eigenvalue weighted by molar-refractivity contribution is -0.122. The van der Waals surface area contributed by atoms with Gasteiger partial charge in [-0.2, -0.15) is 0 Å². The number of tetrazole rings is 1. The van der Waals surface area contributed by atoms with E-state index in [0.29, 0.717) is 5.75 Å². The van der Waals surface area contributed by atoms with Gasteiger partial charge < -0.3 is 9.47 Å². The fourth-order valence-electron chi connectivity index (χ4n) is 1.44. The number of ether oxygens (including phenoxy) is 2. The molecule has 2 amide bonds. The average Bonchev–Trinajstić information content (AvgIpc) is 3.00. The summed E-state index contributed by atoms with van der Waals surface area (Å²) in [6.45, 7) is 1.55. The number of imide groups is 1. The maximum Gasteiger partial charge on any atom is 0.413 e. The lowest BCUT2D eigenvalue weighted by atomic mass is 10.3. The Morgan fingerprint density at radius 1 is 1.29 bits per heavy atom. The Balaban J connectivity index is 1.84. The predicted molar refractivity (Wildman–Crippen MR) is 69.8 cm³/mol. The zero-order valence-corrected chi connectivity index (χ0v) is 11.2. The Morgan fingerprint density at radius 2 is 2.05 bits per heavy atom. The van der Waals surface area contributed by atoms with Gasteiger partial charge in [0.25, 0.3) is 5.91 Å². The van der Waals surface area contributed by atoms with Crippen LogP contribution in [0.2, 0.25) is 0 Å². The summed E-state index contributed by atoms with van der Waals surface area (Å²) in [7, 11) is 0. The van der Waals surface area contributed by atoms with Gasteiger partial charge in [0, 0.05) is 0 Å². The molecule has 0 aliphatic rings. The number of hydrogen-bond donors (Lipinski definition) is 1. The second-order valence-corrected chi connectivity index (χ2v) is 3.81. The highest BCUT2D eigenvalue weighted by Crippen LogP contribution is 2.13. The number of aromatic nitrogens is 4. The topological polar surface area (TPSA) is 108 Å². The van der Waals surface area contributed by atoms with Crippen LogP contribution in [0.3, 0.4) is 0 Å². The van der Waals surface area contributed by atoms with E-state index in [9.17, 15) is 9.59 Å². The van der Waals surface area contributed by atoms with Gasteiger partial charge in [-0.25, -0.2) is 9.48 Å². The summed E-state index contributed by atoms with van der Waals surface area (Å²) in [6.07, 6.45) is 0.669. The minimum atomic E-state index is -0.792. The van der Waals surface area contributed by atoms with Crippen LogP contribution in [-0.4, -0.2) is 45.4 Å². The Bertz CT molecular complexity index is 597. The molecule has 1 N–H and O–H groups in total. The Hall–Kier alpha value is -2.97. The highest BCUT2D eigenvalue weighted by molar-refractivity contribution is 5.92. The fourth-order valence-corrected chi connectivity index (χ4v) is 1.44. The third kappa shape index (κ3) is 4.27. The standard InChI is InChI=1S/C12H13N5O4/c1-2-20-12(19)14-11(18)7-21-10-5-3-9(4-6-10)17-8-13-15-16-17/h3-6,8H,2,7H2,1H3,(H,14,18,19). The highest BCUT2D eigenvalue weighted by Gasteiger charge is 2.08. The molecule has 9 heteroatoms. The minimum Gasteiger partial charge on any atom is -0.484 e. The van der Waals surface area contributed by atoms with E-state index in [1.165, 1.54) is 11.0 Å². The van der Waals surface area contributed by atoms with Gasteiger partial charge in [-0.1, -0.05) is 0 Å². The molecule has 0 aliphatic heterocycles. The normalized spacial score (nSPS) is 9.95. The number of nitrogens with zero attached hydrogens (tertiary/aromatic N) is 4. The molecule has 2 aromatic rings. The largest absolute Gasteiger partial charge is 0.484 e. The van der Waals surface area contributed by atoms with Crippen molar-refractivity contribution in [3.8, 4) is 11.4 Å². The Morgan fingerprint density at radius 3 is 2.67 bits per heavy atom. The van der Waals surface area contributed by atoms with E-state index in [4.69, 9.17) is 4.74 Å². The van der Waals surface area contributed by atoms with Crippen LogP contribution in [0.15, 0.2) is 30.6 Å². The molecule has 0 radical (unpaired) electrons. The molecule has 1 aromatic heterocycles. The molecule has 2 rings (SSSR count). The van der Waals surface area contributed by atoms with E-state index >= 15 is 0 Å². The maximum absolute atomic E-state index is 11.4. The second-order valence-electron chi connectivity index (χ2n) is 3.81. The van der Waals surface area contributed by atoms with Gasteiger partial charge in [0.05, 0.1) is 12.3 Å². The van der Waals surface area contributed by atoms with Gasteiger partial charge in [-0.3, -0.25) is 10.1 Å². The Labute approximate surface area is 119 Å². The number of nitrogens with one attached hydrogen (secondary N) is 1. The summed E-state index contributed by atoms with van der Waals surface area (Å²) in [4.78, 5) is 22.4. The van der Waals surface area contributed by atoms with Gasteiger partial charge in [0.2, 0.25) is 0 Å². The van der Waals surface area contributed by atoms with Crippen LogP contribution in [0.5, 0.6) is 5.75 Å². The monoisotopic (exact) mass is 291 g/mol. The lowest BCUT2D eigenvalue weighted by Gasteiger charge is -2.07. The summed E-state index contributed by atoms with van der Waals surface area (Å²) in [6, 6.07) is 6.78. The zero-order chi connectivity index (χ0) is 15.1. The third-order valence-electron chi connectivity index (χ3n) is 2.34. The number of rotatable bonds is 5. The van der Waals surface area contributed by atoms with Crippen LogP contribution in [0, 0.1) is 0 Å². The van der Waals surface area contributed by atoms with Crippen molar-refractivity contribution in [2.24, 2.45) is 0 Å². The van der Waals surface area contributed by atoms with Gasteiger partial charge >= 0.3 is 6.09 Å². The van der Waals surface area contributed by atoms with E-state index in [1.54, 1.807) is 31.2 Å². The van der Waals surface area contributed by atoms with Gasteiger partial charge in [0.1, 0.15) is 12.1 Å². The first-order valence-electron chi connectivity index (χ1n) is 6.12. The quantitative estimate of drug-likeness (QED) is 0.844. The van der Waals surface area contributed by atoms with Crippen molar-refractivity contribution in [3.05, 3.63) is 30.6 Å². The molecule has 0 atom stereocenters. The van der Waals surface area contributed by atoms with Crippen LogP contribution in [0.4, 0.5) is 4.79 Å². The zero-order valence-electron chi connectivity index (χ0n) is 11.2. The summed E-state index contributed by atoms with van der Waals surface area (Å²) in [5.41, 5.74) is 0.753. The van der Waals surface area contributed by atoms with Crippen molar-refractivity contribution in [2.75, 3.05) is 13.2 Å². The second kappa shape index (κ2) is 6.98. The molecular weight excluding hydrogens is 278 g/mol. The number of hydrogen-bond acceptors (Lipinski definition) is 7. The molecular formula is C12H13N5O4. The SMILES string of the molecule is CCOC(=O)NC(=O)COc1ccc(-n2cnnn2)cc1. The van der Waals surface area contributed by atoms with Crippen molar-refractivity contribution < 1.29 is 19.1 Å². The molecule has 0 aliphatic carbocycles. The van der Waals surface area contributed by atoms with E-state index in [0.717, 1.165) is 5.69 Å².